The molecule has 1 aliphatic heterocycles. The van der Waals surface area contributed by atoms with Gasteiger partial charge in [-0.15, -0.1) is 11.6 Å². The standard InChI is InChI=1S/C12H16ClN3O2/c1-8-7-10(11(17)18-2)15-12(14-8)16-5-3-9(13)4-6-16/h7,9H,3-6H2,1-2H3. The zero-order chi connectivity index (χ0) is 13.1. The minimum absolute atomic E-state index is 0.228. The van der Waals surface area contributed by atoms with Crippen molar-refractivity contribution in [1.82, 2.24) is 9.97 Å². The van der Waals surface area contributed by atoms with Crippen LogP contribution in [0, 0.1) is 6.92 Å². The molecule has 1 aromatic heterocycles. The molecule has 1 saturated heterocycles. The third-order valence-electron chi connectivity index (χ3n) is 2.94. The van der Waals surface area contributed by atoms with Crippen LogP contribution < -0.4 is 4.90 Å². The van der Waals surface area contributed by atoms with Crippen LogP contribution in [0.25, 0.3) is 0 Å². The Hall–Kier alpha value is -1.36. The fourth-order valence-corrected chi connectivity index (χ4v) is 2.15. The molecule has 0 atom stereocenters. The summed E-state index contributed by atoms with van der Waals surface area (Å²) >= 11 is 6.06. The fourth-order valence-electron chi connectivity index (χ4n) is 1.95. The minimum Gasteiger partial charge on any atom is -0.464 e. The van der Waals surface area contributed by atoms with Gasteiger partial charge in [0.2, 0.25) is 5.95 Å². The Labute approximate surface area is 111 Å². The van der Waals surface area contributed by atoms with Crippen LogP contribution in [0.3, 0.4) is 0 Å². The second-order valence-electron chi connectivity index (χ2n) is 4.35. The van der Waals surface area contributed by atoms with Crippen LogP contribution in [0.5, 0.6) is 0 Å². The maximum atomic E-state index is 11.5. The second-order valence-corrected chi connectivity index (χ2v) is 4.97. The van der Waals surface area contributed by atoms with Crippen molar-refractivity contribution in [3.8, 4) is 0 Å². The van der Waals surface area contributed by atoms with E-state index >= 15 is 0 Å². The molecule has 0 saturated carbocycles. The van der Waals surface area contributed by atoms with E-state index in [0.717, 1.165) is 31.6 Å². The van der Waals surface area contributed by atoms with Gasteiger partial charge in [0.15, 0.2) is 5.69 Å². The van der Waals surface area contributed by atoms with Crippen molar-refractivity contribution in [2.45, 2.75) is 25.1 Å². The maximum Gasteiger partial charge on any atom is 0.356 e. The molecule has 0 aromatic carbocycles. The van der Waals surface area contributed by atoms with E-state index in [1.807, 2.05) is 6.92 Å². The number of rotatable bonds is 2. The first-order valence-corrected chi connectivity index (χ1v) is 6.37. The van der Waals surface area contributed by atoms with Gasteiger partial charge in [-0.3, -0.25) is 0 Å². The highest BCUT2D eigenvalue weighted by molar-refractivity contribution is 6.20. The number of nitrogens with zero attached hydrogens (tertiary/aromatic N) is 3. The van der Waals surface area contributed by atoms with Crippen molar-refractivity contribution >= 4 is 23.5 Å². The summed E-state index contributed by atoms with van der Waals surface area (Å²) < 4.78 is 4.68. The molecule has 0 unspecified atom stereocenters. The van der Waals surface area contributed by atoms with Crippen LogP contribution in [0.2, 0.25) is 0 Å². The number of alkyl halides is 1. The average molecular weight is 270 g/mol. The minimum atomic E-state index is -0.436. The van der Waals surface area contributed by atoms with E-state index in [-0.39, 0.29) is 5.38 Å². The molecule has 0 spiro atoms. The summed E-state index contributed by atoms with van der Waals surface area (Å²) in [6.45, 7) is 3.47. The van der Waals surface area contributed by atoms with Crippen LogP contribution in [-0.2, 0) is 4.74 Å². The Bertz CT molecular complexity index is 445. The lowest BCUT2D eigenvalue weighted by Crippen LogP contribution is -2.35. The number of carbonyl (C=O) groups excluding carboxylic acids is 1. The van der Waals surface area contributed by atoms with Crippen molar-refractivity contribution in [1.29, 1.82) is 0 Å². The van der Waals surface area contributed by atoms with E-state index in [0.29, 0.717) is 11.6 Å². The molecule has 98 valence electrons. The molecule has 0 bridgehead atoms. The smallest absolute Gasteiger partial charge is 0.356 e. The second kappa shape index (κ2) is 5.52. The summed E-state index contributed by atoms with van der Waals surface area (Å²) in [5.74, 6) is 0.146. The summed E-state index contributed by atoms with van der Waals surface area (Å²) in [5, 5.41) is 0.228. The fraction of sp³-hybridized carbons (Fsp3) is 0.583. The third kappa shape index (κ3) is 2.90. The molecule has 2 rings (SSSR count). The number of halogens is 1. The Balaban J connectivity index is 2.22. The number of piperidine rings is 1. The van der Waals surface area contributed by atoms with Gasteiger partial charge in [-0.2, -0.15) is 0 Å². The van der Waals surface area contributed by atoms with E-state index < -0.39 is 5.97 Å². The van der Waals surface area contributed by atoms with Crippen molar-refractivity contribution in [3.63, 3.8) is 0 Å². The number of aromatic nitrogens is 2. The number of carbonyl (C=O) groups is 1. The summed E-state index contributed by atoms with van der Waals surface area (Å²) in [4.78, 5) is 22.2. The molecule has 0 radical (unpaired) electrons. The van der Waals surface area contributed by atoms with Gasteiger partial charge in [-0.05, 0) is 25.8 Å². The molecule has 1 aromatic rings. The molecular formula is C12H16ClN3O2. The first kappa shape index (κ1) is 13.1. The molecule has 18 heavy (non-hydrogen) atoms. The van der Waals surface area contributed by atoms with E-state index in [1.54, 1.807) is 6.07 Å². The number of hydrogen-bond donors (Lipinski definition) is 0. The predicted octanol–water partition coefficient (Wildman–Crippen LogP) is 1.78. The van der Waals surface area contributed by atoms with Gasteiger partial charge in [0.05, 0.1) is 7.11 Å². The van der Waals surface area contributed by atoms with E-state index in [2.05, 4.69) is 19.6 Å². The molecule has 6 heteroatoms. The Morgan fingerprint density at radius 1 is 1.44 bits per heavy atom. The van der Waals surface area contributed by atoms with Gasteiger partial charge in [0, 0.05) is 24.2 Å². The molecule has 5 nitrogen and oxygen atoms in total. The van der Waals surface area contributed by atoms with Gasteiger partial charge in [-0.25, -0.2) is 14.8 Å². The Morgan fingerprint density at radius 3 is 2.72 bits per heavy atom. The summed E-state index contributed by atoms with van der Waals surface area (Å²) in [7, 11) is 1.35. The molecule has 2 heterocycles. The number of methoxy groups -OCH3 is 1. The maximum absolute atomic E-state index is 11.5. The zero-order valence-electron chi connectivity index (χ0n) is 10.5. The highest BCUT2D eigenvalue weighted by Crippen LogP contribution is 2.20. The monoisotopic (exact) mass is 269 g/mol. The number of anilines is 1. The van der Waals surface area contributed by atoms with Gasteiger partial charge >= 0.3 is 5.97 Å². The van der Waals surface area contributed by atoms with Gasteiger partial charge in [-0.1, -0.05) is 0 Å². The largest absolute Gasteiger partial charge is 0.464 e. The molecule has 0 N–H and O–H groups in total. The average Bonchev–Trinajstić information content (AvgIpc) is 2.38. The summed E-state index contributed by atoms with van der Waals surface area (Å²) in [6.07, 6.45) is 1.82. The van der Waals surface area contributed by atoms with Crippen LogP contribution in [0.4, 0.5) is 5.95 Å². The van der Waals surface area contributed by atoms with Crippen molar-refractivity contribution in [2.75, 3.05) is 25.1 Å². The molecule has 1 aliphatic rings. The Morgan fingerprint density at radius 2 is 2.11 bits per heavy atom. The summed E-state index contributed by atoms with van der Waals surface area (Å²) in [6, 6.07) is 1.63. The number of ether oxygens (including phenoxy) is 1. The Kier molecular flexibility index (Phi) is 4.01. The predicted molar refractivity (Wildman–Crippen MR) is 69.2 cm³/mol. The van der Waals surface area contributed by atoms with Gasteiger partial charge < -0.3 is 9.64 Å². The van der Waals surface area contributed by atoms with Crippen LogP contribution in [-0.4, -0.2) is 41.5 Å². The topological polar surface area (TPSA) is 55.3 Å². The van der Waals surface area contributed by atoms with Crippen LogP contribution >= 0.6 is 11.6 Å². The lowest BCUT2D eigenvalue weighted by atomic mass is 10.1. The normalized spacial score (nSPS) is 16.7. The van der Waals surface area contributed by atoms with E-state index in [1.165, 1.54) is 7.11 Å². The number of esters is 1. The molecular weight excluding hydrogens is 254 g/mol. The van der Waals surface area contributed by atoms with Crippen molar-refractivity contribution in [3.05, 3.63) is 17.5 Å². The zero-order valence-corrected chi connectivity index (χ0v) is 11.3. The number of aryl methyl sites for hydroxylation is 1. The molecule has 0 amide bonds. The van der Waals surface area contributed by atoms with Gasteiger partial charge in [0.1, 0.15) is 0 Å². The van der Waals surface area contributed by atoms with E-state index in [9.17, 15) is 4.79 Å². The van der Waals surface area contributed by atoms with Crippen molar-refractivity contribution < 1.29 is 9.53 Å². The first-order valence-electron chi connectivity index (χ1n) is 5.93. The van der Waals surface area contributed by atoms with Gasteiger partial charge in [0.25, 0.3) is 0 Å². The SMILES string of the molecule is COC(=O)c1cc(C)nc(N2CCC(Cl)CC2)n1. The van der Waals surface area contributed by atoms with E-state index in [4.69, 9.17) is 11.6 Å². The lowest BCUT2D eigenvalue weighted by Gasteiger charge is -2.29. The number of hydrogen-bond acceptors (Lipinski definition) is 5. The highest BCUT2D eigenvalue weighted by Gasteiger charge is 2.21. The molecule has 1 fully saturated rings. The quantitative estimate of drug-likeness (QED) is 0.605. The van der Waals surface area contributed by atoms with Crippen LogP contribution in [0.15, 0.2) is 6.07 Å². The lowest BCUT2D eigenvalue weighted by molar-refractivity contribution is 0.0593. The summed E-state index contributed by atoms with van der Waals surface area (Å²) in [5.41, 5.74) is 1.06. The highest BCUT2D eigenvalue weighted by atomic mass is 35.5. The van der Waals surface area contributed by atoms with Crippen LogP contribution in [0.1, 0.15) is 29.0 Å². The van der Waals surface area contributed by atoms with Crippen molar-refractivity contribution in [2.24, 2.45) is 0 Å². The third-order valence-corrected chi connectivity index (χ3v) is 3.38. The molecule has 0 aliphatic carbocycles. The first-order chi connectivity index (χ1) is 8.60.